The van der Waals surface area contributed by atoms with Gasteiger partial charge in [-0.3, -0.25) is 4.79 Å². The van der Waals surface area contributed by atoms with Gasteiger partial charge in [0.1, 0.15) is 5.54 Å². The van der Waals surface area contributed by atoms with E-state index in [1.165, 1.54) is 0 Å². The third kappa shape index (κ3) is 2.93. The Morgan fingerprint density at radius 3 is 2.45 bits per heavy atom. The van der Waals surface area contributed by atoms with Crippen LogP contribution in [-0.2, 0) is 9.53 Å². The average molecular weight is 309 g/mol. The van der Waals surface area contributed by atoms with Gasteiger partial charge >= 0.3 is 6.03 Å². The van der Waals surface area contributed by atoms with E-state index in [-0.39, 0.29) is 23.4 Å². The highest BCUT2D eigenvalue weighted by molar-refractivity contribution is 5.91. The van der Waals surface area contributed by atoms with Crippen LogP contribution >= 0.6 is 0 Å². The molecule has 1 atom stereocenters. The first-order chi connectivity index (χ1) is 10.6. The fourth-order valence-corrected chi connectivity index (χ4v) is 3.99. The van der Waals surface area contributed by atoms with E-state index in [2.05, 4.69) is 16.0 Å². The third-order valence-electron chi connectivity index (χ3n) is 5.57. The van der Waals surface area contributed by atoms with E-state index < -0.39 is 5.54 Å². The van der Waals surface area contributed by atoms with Crippen LogP contribution in [0.1, 0.15) is 51.9 Å². The molecule has 0 aromatic heterocycles. The van der Waals surface area contributed by atoms with Gasteiger partial charge < -0.3 is 20.7 Å². The molecular weight excluding hydrogens is 282 g/mol. The first-order valence-electron chi connectivity index (χ1n) is 8.55. The molecule has 1 heterocycles. The molecule has 0 aromatic carbocycles. The van der Waals surface area contributed by atoms with Gasteiger partial charge in [0.2, 0.25) is 5.91 Å². The molecule has 3 N–H and O–H groups in total. The lowest BCUT2D eigenvalue weighted by Gasteiger charge is -2.30. The van der Waals surface area contributed by atoms with Crippen molar-refractivity contribution in [1.82, 2.24) is 16.0 Å². The van der Waals surface area contributed by atoms with Gasteiger partial charge in [0, 0.05) is 25.8 Å². The maximum atomic E-state index is 12.8. The minimum absolute atomic E-state index is 0.00428. The van der Waals surface area contributed by atoms with E-state index in [0.717, 1.165) is 58.2 Å². The summed E-state index contributed by atoms with van der Waals surface area (Å²) in [6.07, 6.45) is 6.58. The largest absolute Gasteiger partial charge is 0.381 e. The molecule has 0 bridgehead atoms. The zero-order valence-electron chi connectivity index (χ0n) is 13.4. The SMILES string of the molecule is CCNC(=O)NC1(C(=O)NC2CC23CCOCC3)CCCC1. The van der Waals surface area contributed by atoms with E-state index in [1.807, 2.05) is 6.92 Å². The molecule has 3 aliphatic rings. The molecule has 1 aliphatic heterocycles. The Morgan fingerprint density at radius 1 is 1.14 bits per heavy atom. The topological polar surface area (TPSA) is 79.5 Å². The maximum Gasteiger partial charge on any atom is 0.315 e. The Morgan fingerprint density at radius 2 is 1.82 bits per heavy atom. The lowest BCUT2D eigenvalue weighted by molar-refractivity contribution is -0.127. The van der Waals surface area contributed by atoms with Gasteiger partial charge in [-0.05, 0) is 44.4 Å². The zero-order valence-corrected chi connectivity index (χ0v) is 13.4. The summed E-state index contributed by atoms with van der Waals surface area (Å²) in [6.45, 7) is 4.04. The highest BCUT2D eigenvalue weighted by Crippen LogP contribution is 2.53. The van der Waals surface area contributed by atoms with Crippen molar-refractivity contribution in [3.8, 4) is 0 Å². The molecule has 0 radical (unpaired) electrons. The predicted octanol–water partition coefficient (Wildman–Crippen LogP) is 1.30. The normalized spacial score (nSPS) is 28.1. The van der Waals surface area contributed by atoms with Crippen molar-refractivity contribution in [3.05, 3.63) is 0 Å². The van der Waals surface area contributed by atoms with Gasteiger partial charge in [-0.2, -0.15) is 0 Å². The van der Waals surface area contributed by atoms with E-state index in [4.69, 9.17) is 4.74 Å². The van der Waals surface area contributed by atoms with Crippen molar-refractivity contribution >= 4 is 11.9 Å². The number of carbonyl (C=O) groups excluding carboxylic acids is 2. The van der Waals surface area contributed by atoms with Crippen LogP contribution in [0.5, 0.6) is 0 Å². The number of amides is 3. The van der Waals surface area contributed by atoms with Crippen LogP contribution in [0, 0.1) is 5.41 Å². The van der Waals surface area contributed by atoms with Crippen LogP contribution < -0.4 is 16.0 Å². The first-order valence-corrected chi connectivity index (χ1v) is 8.55. The van der Waals surface area contributed by atoms with Gasteiger partial charge in [-0.25, -0.2) is 4.79 Å². The molecule has 1 unspecified atom stereocenters. The highest BCUT2D eigenvalue weighted by atomic mass is 16.5. The molecule has 0 aromatic rings. The lowest BCUT2D eigenvalue weighted by atomic mass is 9.94. The zero-order chi connectivity index (χ0) is 15.6. The molecule has 2 saturated carbocycles. The lowest BCUT2D eigenvalue weighted by Crippen LogP contribution is -2.59. The van der Waals surface area contributed by atoms with Gasteiger partial charge in [0.05, 0.1) is 0 Å². The molecule has 1 saturated heterocycles. The summed E-state index contributed by atoms with van der Waals surface area (Å²) in [6, 6.07) is 0.0218. The van der Waals surface area contributed by atoms with Gasteiger partial charge in [0.25, 0.3) is 0 Å². The number of rotatable bonds is 4. The number of urea groups is 1. The summed E-state index contributed by atoms with van der Waals surface area (Å²) in [5.41, 5.74) is -0.451. The second kappa shape index (κ2) is 6.07. The van der Waals surface area contributed by atoms with Crippen molar-refractivity contribution in [2.45, 2.75) is 63.5 Å². The van der Waals surface area contributed by atoms with Crippen molar-refractivity contribution in [2.75, 3.05) is 19.8 Å². The van der Waals surface area contributed by atoms with E-state index in [1.54, 1.807) is 0 Å². The molecule has 2 aliphatic carbocycles. The second-order valence-electron chi connectivity index (χ2n) is 6.98. The van der Waals surface area contributed by atoms with Crippen molar-refractivity contribution in [2.24, 2.45) is 5.41 Å². The minimum atomic E-state index is -0.714. The Bertz CT molecular complexity index is 440. The third-order valence-corrected chi connectivity index (χ3v) is 5.57. The second-order valence-corrected chi connectivity index (χ2v) is 6.98. The molecule has 6 nitrogen and oxygen atoms in total. The van der Waals surface area contributed by atoms with Crippen LogP contribution in [0.25, 0.3) is 0 Å². The van der Waals surface area contributed by atoms with Crippen LogP contribution in [-0.4, -0.2) is 43.3 Å². The Labute approximate surface area is 131 Å². The summed E-state index contributed by atoms with van der Waals surface area (Å²) in [7, 11) is 0. The monoisotopic (exact) mass is 309 g/mol. The maximum absolute atomic E-state index is 12.8. The quantitative estimate of drug-likeness (QED) is 0.732. The molecule has 124 valence electrons. The Balaban J connectivity index is 1.60. The minimum Gasteiger partial charge on any atom is -0.381 e. The molecule has 3 amide bonds. The van der Waals surface area contributed by atoms with E-state index >= 15 is 0 Å². The van der Waals surface area contributed by atoms with Crippen molar-refractivity contribution in [1.29, 1.82) is 0 Å². The number of hydrogen-bond donors (Lipinski definition) is 3. The molecule has 3 rings (SSSR count). The summed E-state index contributed by atoms with van der Waals surface area (Å²) < 4.78 is 5.42. The van der Waals surface area contributed by atoms with E-state index in [9.17, 15) is 9.59 Å². The Hall–Kier alpha value is -1.30. The molecular formula is C16H27N3O3. The smallest absolute Gasteiger partial charge is 0.315 e. The van der Waals surface area contributed by atoms with Gasteiger partial charge in [0.15, 0.2) is 0 Å². The number of nitrogens with one attached hydrogen (secondary N) is 3. The van der Waals surface area contributed by atoms with Gasteiger partial charge in [-0.15, -0.1) is 0 Å². The molecule has 22 heavy (non-hydrogen) atoms. The molecule has 3 fully saturated rings. The summed E-state index contributed by atoms with van der Waals surface area (Å²) in [5, 5.41) is 8.87. The van der Waals surface area contributed by atoms with Crippen LogP contribution in [0.2, 0.25) is 0 Å². The summed E-state index contributed by atoms with van der Waals surface area (Å²) in [4.78, 5) is 24.7. The van der Waals surface area contributed by atoms with Crippen molar-refractivity contribution in [3.63, 3.8) is 0 Å². The molecule has 6 heteroatoms. The fourth-order valence-electron chi connectivity index (χ4n) is 3.99. The van der Waals surface area contributed by atoms with Crippen LogP contribution in [0.4, 0.5) is 4.79 Å². The highest BCUT2D eigenvalue weighted by Gasteiger charge is 2.56. The predicted molar refractivity (Wildman–Crippen MR) is 82.4 cm³/mol. The van der Waals surface area contributed by atoms with Crippen LogP contribution in [0.3, 0.4) is 0 Å². The number of carbonyl (C=O) groups is 2. The first kappa shape index (κ1) is 15.6. The van der Waals surface area contributed by atoms with Gasteiger partial charge in [-0.1, -0.05) is 12.8 Å². The van der Waals surface area contributed by atoms with Crippen LogP contribution in [0.15, 0.2) is 0 Å². The number of ether oxygens (including phenoxy) is 1. The summed E-state index contributed by atoms with van der Waals surface area (Å²) in [5.74, 6) is 0.00428. The Kier molecular flexibility index (Phi) is 4.30. The standard InChI is InChI=1S/C16H27N3O3/c1-2-17-14(21)19-16(5-3-4-6-16)13(20)18-12-11-15(12)7-9-22-10-8-15/h12H,2-11H2,1H3,(H,18,20)(H2,17,19,21). The average Bonchev–Trinajstić information content (AvgIpc) is 2.94. The number of hydrogen-bond acceptors (Lipinski definition) is 3. The summed E-state index contributed by atoms with van der Waals surface area (Å²) >= 11 is 0. The molecule has 1 spiro atoms. The van der Waals surface area contributed by atoms with E-state index in [0.29, 0.717) is 6.54 Å². The fraction of sp³-hybridized carbons (Fsp3) is 0.875. The van der Waals surface area contributed by atoms with Crippen molar-refractivity contribution < 1.29 is 14.3 Å².